The van der Waals surface area contributed by atoms with Crippen LogP contribution in [0.1, 0.15) is 12.5 Å². The van der Waals surface area contributed by atoms with Crippen LogP contribution in [-0.2, 0) is 6.18 Å². The minimum atomic E-state index is -4.41. The molecular weight excluding hydrogens is 486 g/mol. The molecule has 1 unspecified atom stereocenters. The zero-order chi connectivity index (χ0) is 26.2. The van der Waals surface area contributed by atoms with Crippen molar-refractivity contribution >= 4 is 28.3 Å². The van der Waals surface area contributed by atoms with Gasteiger partial charge in [0.2, 0.25) is 0 Å². The number of hydrogen-bond donors (Lipinski definition) is 1. The third kappa shape index (κ3) is 5.04. The number of rotatable bonds is 3. The van der Waals surface area contributed by atoms with E-state index in [-0.39, 0.29) is 17.9 Å². The van der Waals surface area contributed by atoms with Crippen LogP contribution in [0.15, 0.2) is 72.8 Å². The fourth-order valence-corrected chi connectivity index (χ4v) is 4.53. The maximum atomic E-state index is 13.2. The van der Waals surface area contributed by atoms with Gasteiger partial charge in [0, 0.05) is 47.7 Å². The number of piperazine rings is 1. The van der Waals surface area contributed by atoms with E-state index in [1.807, 2.05) is 31.2 Å². The summed E-state index contributed by atoms with van der Waals surface area (Å²) >= 11 is 0. The van der Waals surface area contributed by atoms with E-state index in [0.29, 0.717) is 42.4 Å². The van der Waals surface area contributed by atoms with Gasteiger partial charge in [-0.05, 0) is 43.3 Å². The molecule has 10 heteroatoms. The summed E-state index contributed by atoms with van der Waals surface area (Å²) in [5.41, 5.74) is 0.828. The largest absolute Gasteiger partial charge is 0.416 e. The molecule has 2 amide bonds. The molecular formula is C27H23F4N5O. The van der Waals surface area contributed by atoms with Crippen LogP contribution in [0.5, 0.6) is 0 Å². The number of alkyl halides is 3. The smallest absolute Gasteiger partial charge is 0.351 e. The van der Waals surface area contributed by atoms with E-state index < -0.39 is 11.7 Å². The van der Waals surface area contributed by atoms with Crippen LogP contribution in [0.3, 0.4) is 0 Å². The molecule has 6 nitrogen and oxygen atoms in total. The lowest BCUT2D eigenvalue weighted by molar-refractivity contribution is -0.137. The molecule has 1 aromatic heterocycles. The van der Waals surface area contributed by atoms with Crippen molar-refractivity contribution in [2.45, 2.75) is 19.1 Å². The van der Waals surface area contributed by atoms with Crippen molar-refractivity contribution in [2.75, 3.05) is 29.9 Å². The van der Waals surface area contributed by atoms with E-state index in [0.717, 1.165) is 22.9 Å². The van der Waals surface area contributed by atoms with Crippen molar-refractivity contribution in [1.29, 1.82) is 0 Å². The molecule has 5 rings (SSSR count). The highest BCUT2D eigenvalue weighted by Crippen LogP contribution is 2.34. The van der Waals surface area contributed by atoms with Crippen molar-refractivity contribution in [3.63, 3.8) is 0 Å². The Morgan fingerprint density at radius 2 is 1.59 bits per heavy atom. The van der Waals surface area contributed by atoms with Crippen LogP contribution in [0.2, 0.25) is 0 Å². The van der Waals surface area contributed by atoms with Gasteiger partial charge in [0.1, 0.15) is 11.5 Å². The second-order valence-electron chi connectivity index (χ2n) is 8.92. The molecule has 1 atom stereocenters. The molecule has 1 aliphatic heterocycles. The first kappa shape index (κ1) is 24.5. The van der Waals surface area contributed by atoms with E-state index >= 15 is 0 Å². The zero-order valence-corrected chi connectivity index (χ0v) is 19.8. The highest BCUT2D eigenvalue weighted by atomic mass is 19.4. The first-order valence-corrected chi connectivity index (χ1v) is 11.7. The number of halogens is 4. The predicted octanol–water partition coefficient (Wildman–Crippen LogP) is 6.20. The molecule has 1 N–H and O–H groups in total. The van der Waals surface area contributed by atoms with Gasteiger partial charge in [-0.15, -0.1) is 10.2 Å². The number of hydrogen-bond acceptors (Lipinski definition) is 4. The van der Waals surface area contributed by atoms with Crippen molar-refractivity contribution in [1.82, 2.24) is 15.1 Å². The first-order valence-electron chi connectivity index (χ1n) is 11.7. The molecule has 0 saturated carbocycles. The van der Waals surface area contributed by atoms with Crippen LogP contribution >= 0.6 is 0 Å². The summed E-state index contributed by atoms with van der Waals surface area (Å²) in [5.74, 6) is 0.273. The SMILES string of the molecule is CC1CN(c2nnc(-c3ccc(C(F)(F)F)cc3)c3ccccc23)CCN1C(=O)Nc1ccc(F)cc1. The van der Waals surface area contributed by atoms with Gasteiger partial charge in [-0.3, -0.25) is 0 Å². The van der Waals surface area contributed by atoms with Gasteiger partial charge in [0.05, 0.1) is 5.56 Å². The Hall–Kier alpha value is -4.21. The van der Waals surface area contributed by atoms with E-state index in [9.17, 15) is 22.4 Å². The Kier molecular flexibility index (Phi) is 6.41. The number of nitrogens with one attached hydrogen (secondary N) is 1. The normalized spacial score (nSPS) is 16.2. The lowest BCUT2D eigenvalue weighted by Gasteiger charge is -2.40. The van der Waals surface area contributed by atoms with E-state index in [2.05, 4.69) is 20.4 Å². The lowest BCUT2D eigenvalue weighted by atomic mass is 10.0. The lowest BCUT2D eigenvalue weighted by Crippen LogP contribution is -2.55. The summed E-state index contributed by atoms with van der Waals surface area (Å²) < 4.78 is 52.1. The Morgan fingerprint density at radius 1 is 0.919 bits per heavy atom. The predicted molar refractivity (Wildman–Crippen MR) is 134 cm³/mol. The van der Waals surface area contributed by atoms with Crippen molar-refractivity contribution < 1.29 is 22.4 Å². The number of anilines is 2. The van der Waals surface area contributed by atoms with Crippen LogP contribution in [0, 0.1) is 5.82 Å². The molecule has 0 bridgehead atoms. The molecule has 37 heavy (non-hydrogen) atoms. The van der Waals surface area contributed by atoms with E-state index in [1.54, 1.807) is 4.90 Å². The van der Waals surface area contributed by atoms with Crippen LogP contribution < -0.4 is 10.2 Å². The average Bonchev–Trinajstić information content (AvgIpc) is 2.89. The number of carbonyl (C=O) groups excluding carboxylic acids is 1. The van der Waals surface area contributed by atoms with Gasteiger partial charge in [0.25, 0.3) is 0 Å². The molecule has 2 heterocycles. The monoisotopic (exact) mass is 509 g/mol. The molecule has 1 saturated heterocycles. The van der Waals surface area contributed by atoms with Gasteiger partial charge in [-0.25, -0.2) is 9.18 Å². The first-order chi connectivity index (χ1) is 17.7. The second-order valence-corrected chi connectivity index (χ2v) is 8.92. The number of aromatic nitrogens is 2. The summed E-state index contributed by atoms with van der Waals surface area (Å²) in [7, 11) is 0. The minimum Gasteiger partial charge on any atom is -0.351 e. The maximum absolute atomic E-state index is 13.2. The Labute approximate surface area is 210 Å². The summed E-state index contributed by atoms with van der Waals surface area (Å²) in [6.07, 6.45) is -4.41. The summed E-state index contributed by atoms with van der Waals surface area (Å²) in [6.45, 7) is 3.39. The molecule has 0 radical (unpaired) electrons. The Bertz CT molecular complexity index is 1420. The minimum absolute atomic E-state index is 0.149. The summed E-state index contributed by atoms with van der Waals surface area (Å²) in [4.78, 5) is 16.6. The highest BCUT2D eigenvalue weighted by Gasteiger charge is 2.31. The van der Waals surface area contributed by atoms with Crippen molar-refractivity contribution in [3.8, 4) is 11.3 Å². The number of amides is 2. The molecule has 1 aliphatic rings. The quantitative estimate of drug-likeness (QED) is 0.334. The van der Waals surface area contributed by atoms with Crippen LogP contribution in [0.4, 0.5) is 33.9 Å². The van der Waals surface area contributed by atoms with Crippen molar-refractivity contribution in [2.24, 2.45) is 0 Å². The number of benzene rings is 3. The Morgan fingerprint density at radius 3 is 2.24 bits per heavy atom. The van der Waals surface area contributed by atoms with Crippen LogP contribution in [0.25, 0.3) is 22.0 Å². The fourth-order valence-electron chi connectivity index (χ4n) is 4.53. The standard InChI is InChI=1S/C27H23F4N5O/c1-17-16-35(14-15-36(17)26(37)32-21-12-10-20(28)11-13-21)25-23-5-3-2-4-22(23)24(33-34-25)18-6-8-19(9-7-18)27(29,30)31/h2-13,17H,14-16H2,1H3,(H,32,37). The molecule has 190 valence electrons. The van der Waals surface area contributed by atoms with Crippen molar-refractivity contribution in [3.05, 3.63) is 84.2 Å². The number of fused-ring (bicyclic) bond motifs is 1. The third-order valence-corrected chi connectivity index (χ3v) is 6.44. The summed E-state index contributed by atoms with van der Waals surface area (Å²) in [6, 6.07) is 17.6. The van der Waals surface area contributed by atoms with Gasteiger partial charge in [-0.2, -0.15) is 13.2 Å². The van der Waals surface area contributed by atoms with E-state index in [4.69, 9.17) is 0 Å². The fraction of sp³-hybridized carbons (Fsp3) is 0.222. The summed E-state index contributed by atoms with van der Waals surface area (Å²) in [5, 5.41) is 13.2. The zero-order valence-electron chi connectivity index (χ0n) is 19.8. The average molecular weight is 510 g/mol. The molecule has 4 aromatic rings. The maximum Gasteiger partial charge on any atom is 0.416 e. The van der Waals surface area contributed by atoms with Gasteiger partial charge >= 0.3 is 12.2 Å². The molecule has 0 spiro atoms. The number of nitrogens with zero attached hydrogens (tertiary/aromatic N) is 4. The molecule has 1 fully saturated rings. The molecule has 3 aromatic carbocycles. The molecule has 0 aliphatic carbocycles. The number of carbonyl (C=O) groups is 1. The third-order valence-electron chi connectivity index (χ3n) is 6.44. The van der Waals surface area contributed by atoms with Gasteiger partial charge in [-0.1, -0.05) is 36.4 Å². The Balaban J connectivity index is 1.37. The topological polar surface area (TPSA) is 61.4 Å². The number of urea groups is 1. The second kappa shape index (κ2) is 9.68. The van der Waals surface area contributed by atoms with Gasteiger partial charge < -0.3 is 15.1 Å². The van der Waals surface area contributed by atoms with Crippen LogP contribution in [-0.4, -0.2) is 46.8 Å². The van der Waals surface area contributed by atoms with Gasteiger partial charge in [0.15, 0.2) is 5.82 Å². The highest BCUT2D eigenvalue weighted by molar-refractivity contribution is 6.00. The van der Waals surface area contributed by atoms with E-state index in [1.165, 1.54) is 36.4 Å².